The van der Waals surface area contributed by atoms with E-state index in [-0.39, 0.29) is 30.0 Å². The van der Waals surface area contributed by atoms with E-state index in [1.165, 1.54) is 18.4 Å². The van der Waals surface area contributed by atoms with Crippen molar-refractivity contribution in [3.8, 4) is 5.88 Å². The number of rotatable bonds is 7. The average Bonchev–Trinajstić information content (AvgIpc) is 3.49. The molecule has 0 radical (unpaired) electrons. The van der Waals surface area contributed by atoms with Crippen molar-refractivity contribution in [1.82, 2.24) is 15.6 Å². The van der Waals surface area contributed by atoms with Crippen LogP contribution in [-0.4, -0.2) is 24.6 Å². The number of hydrogen-bond acceptors (Lipinski definition) is 3. The Balaban J connectivity index is 0.00000243. The summed E-state index contributed by atoms with van der Waals surface area (Å²) in [4.78, 5) is 8.58. The van der Waals surface area contributed by atoms with E-state index in [9.17, 15) is 0 Å². The van der Waals surface area contributed by atoms with Gasteiger partial charge in [0.15, 0.2) is 5.96 Å². The largest absolute Gasteiger partial charge is 0.477 e. The third-order valence-corrected chi connectivity index (χ3v) is 4.30. The van der Waals surface area contributed by atoms with Crippen LogP contribution in [0, 0.1) is 5.92 Å². The van der Waals surface area contributed by atoms with E-state index in [1.54, 1.807) is 13.2 Å². The van der Waals surface area contributed by atoms with Crippen molar-refractivity contribution in [2.75, 3.05) is 13.7 Å². The number of ether oxygens (including phenoxy) is 1. The molecular formula is C20H27IN4O. The Bertz CT molecular complexity index is 704. The zero-order valence-corrected chi connectivity index (χ0v) is 17.6. The minimum atomic E-state index is 0. The Kier molecular flexibility index (Phi) is 8.15. The van der Waals surface area contributed by atoms with Crippen LogP contribution in [0.15, 0.2) is 53.7 Å². The minimum Gasteiger partial charge on any atom is -0.477 e. The smallest absolute Gasteiger partial charge is 0.213 e. The Morgan fingerprint density at radius 1 is 1.27 bits per heavy atom. The summed E-state index contributed by atoms with van der Waals surface area (Å²) >= 11 is 0. The summed E-state index contributed by atoms with van der Waals surface area (Å²) in [5, 5.41) is 6.75. The summed E-state index contributed by atoms with van der Waals surface area (Å²) in [5.74, 6) is 2.20. The highest BCUT2D eigenvalue weighted by Crippen LogP contribution is 2.29. The molecule has 1 aromatic heterocycles. The van der Waals surface area contributed by atoms with Crippen molar-refractivity contribution in [3.63, 3.8) is 0 Å². The van der Waals surface area contributed by atoms with Gasteiger partial charge in [0.2, 0.25) is 5.88 Å². The predicted octanol–water partition coefficient (Wildman–Crippen LogP) is 3.91. The van der Waals surface area contributed by atoms with E-state index < -0.39 is 0 Å². The first-order valence-corrected chi connectivity index (χ1v) is 8.84. The minimum absolute atomic E-state index is 0. The SMILES string of the molecule is CN=C(NCc1ccnc(OCC2CC2)c1)NC(C)c1ccccc1.I. The fraction of sp³-hybridized carbons (Fsp3) is 0.400. The zero-order chi connectivity index (χ0) is 17.5. The van der Waals surface area contributed by atoms with Gasteiger partial charge >= 0.3 is 0 Å². The monoisotopic (exact) mass is 466 g/mol. The van der Waals surface area contributed by atoms with E-state index in [2.05, 4.69) is 39.7 Å². The Hall–Kier alpha value is -1.83. The molecule has 1 unspecified atom stereocenters. The first kappa shape index (κ1) is 20.5. The van der Waals surface area contributed by atoms with Gasteiger partial charge in [0.25, 0.3) is 0 Å². The summed E-state index contributed by atoms with van der Waals surface area (Å²) in [5.41, 5.74) is 2.35. The van der Waals surface area contributed by atoms with Crippen LogP contribution < -0.4 is 15.4 Å². The highest BCUT2D eigenvalue weighted by Gasteiger charge is 2.22. The second-order valence-electron chi connectivity index (χ2n) is 6.46. The van der Waals surface area contributed by atoms with Gasteiger partial charge in [0.05, 0.1) is 12.6 Å². The first-order chi connectivity index (χ1) is 12.2. The summed E-state index contributed by atoms with van der Waals surface area (Å²) in [6.07, 6.45) is 4.35. The molecule has 26 heavy (non-hydrogen) atoms. The number of guanidine groups is 1. The molecule has 1 aliphatic rings. The molecule has 5 nitrogen and oxygen atoms in total. The molecule has 0 spiro atoms. The highest BCUT2D eigenvalue weighted by atomic mass is 127. The molecule has 0 bridgehead atoms. The maximum absolute atomic E-state index is 5.74. The van der Waals surface area contributed by atoms with Gasteiger partial charge in [-0.25, -0.2) is 4.98 Å². The Morgan fingerprint density at radius 3 is 2.73 bits per heavy atom. The molecule has 3 rings (SSSR count). The summed E-state index contributed by atoms with van der Waals surface area (Å²) in [6, 6.07) is 14.5. The lowest BCUT2D eigenvalue weighted by atomic mass is 10.1. The standard InChI is InChI=1S/C20H26N4O.HI/c1-15(18-6-4-3-5-7-18)24-20(21-2)23-13-17-10-11-22-19(12-17)25-14-16-8-9-16;/h3-7,10-12,15-16H,8-9,13-14H2,1-2H3,(H2,21,23,24);1H. The van der Waals surface area contributed by atoms with Gasteiger partial charge in [0.1, 0.15) is 0 Å². The van der Waals surface area contributed by atoms with Gasteiger partial charge in [0, 0.05) is 25.9 Å². The molecule has 0 amide bonds. The van der Waals surface area contributed by atoms with Crippen LogP contribution in [0.2, 0.25) is 0 Å². The van der Waals surface area contributed by atoms with Gasteiger partial charge in [-0.3, -0.25) is 4.99 Å². The van der Waals surface area contributed by atoms with Gasteiger partial charge in [-0.1, -0.05) is 30.3 Å². The lowest BCUT2D eigenvalue weighted by Crippen LogP contribution is -2.38. The molecule has 1 atom stereocenters. The number of hydrogen-bond donors (Lipinski definition) is 2. The van der Waals surface area contributed by atoms with Gasteiger partial charge in [-0.2, -0.15) is 0 Å². The first-order valence-electron chi connectivity index (χ1n) is 8.84. The van der Waals surface area contributed by atoms with E-state index in [1.807, 2.05) is 30.3 Å². The normalized spacial score (nSPS) is 14.9. The van der Waals surface area contributed by atoms with Gasteiger partial charge in [-0.15, -0.1) is 24.0 Å². The third kappa shape index (κ3) is 6.48. The quantitative estimate of drug-likeness (QED) is 0.369. The number of pyridine rings is 1. The van der Waals surface area contributed by atoms with Crippen molar-refractivity contribution in [2.24, 2.45) is 10.9 Å². The molecule has 0 saturated heterocycles. The van der Waals surface area contributed by atoms with Gasteiger partial charge < -0.3 is 15.4 Å². The maximum atomic E-state index is 5.74. The van der Waals surface area contributed by atoms with Crippen LogP contribution in [0.5, 0.6) is 5.88 Å². The topological polar surface area (TPSA) is 58.5 Å². The van der Waals surface area contributed by atoms with Crippen LogP contribution in [0.1, 0.15) is 36.9 Å². The fourth-order valence-corrected chi connectivity index (χ4v) is 2.54. The number of nitrogens with zero attached hydrogens (tertiary/aromatic N) is 2. The average molecular weight is 466 g/mol. The molecule has 1 heterocycles. The molecule has 0 aliphatic heterocycles. The van der Waals surface area contributed by atoms with Gasteiger partial charge in [-0.05, 0) is 42.9 Å². The Morgan fingerprint density at radius 2 is 2.04 bits per heavy atom. The number of halogens is 1. The molecule has 1 aliphatic carbocycles. The second kappa shape index (κ2) is 10.4. The van der Waals surface area contributed by atoms with Crippen LogP contribution >= 0.6 is 24.0 Å². The van der Waals surface area contributed by atoms with Crippen molar-refractivity contribution in [2.45, 2.75) is 32.4 Å². The molecule has 1 fully saturated rings. The molecular weight excluding hydrogens is 439 g/mol. The molecule has 140 valence electrons. The molecule has 1 aromatic carbocycles. The van der Waals surface area contributed by atoms with Crippen LogP contribution in [-0.2, 0) is 6.54 Å². The third-order valence-electron chi connectivity index (χ3n) is 4.30. The van der Waals surface area contributed by atoms with E-state index in [0.29, 0.717) is 12.4 Å². The fourth-order valence-electron chi connectivity index (χ4n) is 2.54. The van der Waals surface area contributed by atoms with E-state index in [4.69, 9.17) is 4.74 Å². The van der Waals surface area contributed by atoms with Crippen LogP contribution in [0.4, 0.5) is 0 Å². The summed E-state index contributed by atoms with van der Waals surface area (Å²) < 4.78 is 5.74. The molecule has 1 saturated carbocycles. The van der Waals surface area contributed by atoms with Crippen molar-refractivity contribution in [3.05, 3.63) is 59.8 Å². The predicted molar refractivity (Wildman–Crippen MR) is 116 cm³/mol. The van der Waals surface area contributed by atoms with Crippen molar-refractivity contribution >= 4 is 29.9 Å². The van der Waals surface area contributed by atoms with Crippen LogP contribution in [0.3, 0.4) is 0 Å². The highest BCUT2D eigenvalue weighted by molar-refractivity contribution is 14.0. The lowest BCUT2D eigenvalue weighted by molar-refractivity contribution is 0.288. The summed E-state index contributed by atoms with van der Waals surface area (Å²) in [6.45, 7) is 3.57. The summed E-state index contributed by atoms with van der Waals surface area (Å²) in [7, 11) is 1.78. The lowest BCUT2D eigenvalue weighted by Gasteiger charge is -2.18. The number of nitrogens with one attached hydrogen (secondary N) is 2. The number of aromatic nitrogens is 1. The molecule has 2 aromatic rings. The van der Waals surface area contributed by atoms with E-state index >= 15 is 0 Å². The van der Waals surface area contributed by atoms with Crippen molar-refractivity contribution < 1.29 is 4.74 Å². The number of aliphatic imine (C=N–C) groups is 1. The Labute approximate surface area is 172 Å². The molecule has 2 N–H and O–H groups in total. The second-order valence-corrected chi connectivity index (χ2v) is 6.46. The van der Waals surface area contributed by atoms with Crippen molar-refractivity contribution in [1.29, 1.82) is 0 Å². The van der Waals surface area contributed by atoms with Crippen LogP contribution in [0.25, 0.3) is 0 Å². The van der Waals surface area contributed by atoms with E-state index in [0.717, 1.165) is 24.0 Å². The maximum Gasteiger partial charge on any atom is 0.213 e. The number of benzene rings is 1. The molecule has 6 heteroatoms. The zero-order valence-electron chi connectivity index (χ0n) is 15.3.